The van der Waals surface area contributed by atoms with Crippen LogP contribution in [0.15, 0.2) is 43.0 Å². The van der Waals surface area contributed by atoms with Gasteiger partial charge in [0.2, 0.25) is 17.7 Å². The molecule has 3 rings (SSSR count). The first-order valence-electron chi connectivity index (χ1n) is 13.9. The molecule has 0 aliphatic rings. The van der Waals surface area contributed by atoms with Gasteiger partial charge in [0.05, 0.1) is 12.4 Å². The van der Waals surface area contributed by atoms with Crippen molar-refractivity contribution in [3.8, 4) is 0 Å². The number of rotatable bonds is 18. The molecule has 15 nitrogen and oxygen atoms in total. The number of benzene rings is 1. The Morgan fingerprint density at radius 2 is 1.53 bits per heavy atom. The van der Waals surface area contributed by atoms with Gasteiger partial charge in [-0.15, -0.1) is 0 Å². The quantitative estimate of drug-likeness (QED) is 0.0851. The van der Waals surface area contributed by atoms with E-state index in [1.807, 2.05) is 24.3 Å². The number of carboxylic acid groups (broad SMARTS) is 2. The zero-order chi connectivity index (χ0) is 31.4. The van der Waals surface area contributed by atoms with Crippen molar-refractivity contribution >= 4 is 40.6 Å². The third kappa shape index (κ3) is 9.93. The second kappa shape index (κ2) is 16.0. The van der Waals surface area contributed by atoms with Crippen LogP contribution in [-0.4, -0.2) is 85.5 Å². The van der Waals surface area contributed by atoms with Gasteiger partial charge in [-0.25, -0.2) is 9.78 Å². The van der Waals surface area contributed by atoms with E-state index in [-0.39, 0.29) is 25.7 Å². The first-order valence-corrected chi connectivity index (χ1v) is 13.9. The second-order valence-electron chi connectivity index (χ2n) is 10.2. The SMILES string of the molecule is NCCCCC(NC(=O)C(N)Cc1c[nH]c2ccccc12)C(=O)NC(CCC(=O)O)C(=O)NC(Cc1cnc[nH]1)C(=O)O. The Bertz CT molecular complexity index is 1390. The van der Waals surface area contributed by atoms with Crippen LogP contribution < -0.4 is 27.4 Å². The molecule has 232 valence electrons. The number of nitrogens with two attached hydrogens (primary N) is 2. The maximum absolute atomic E-state index is 13.4. The Morgan fingerprint density at radius 1 is 0.860 bits per heavy atom. The van der Waals surface area contributed by atoms with Crippen LogP contribution in [0.4, 0.5) is 0 Å². The number of nitrogens with one attached hydrogen (secondary N) is 5. The summed E-state index contributed by atoms with van der Waals surface area (Å²) in [5, 5.41) is 27.2. The standard InChI is InChI=1S/C28H38N8O7/c29-10-4-3-7-21(34-25(39)19(30)11-16-13-32-20-6-2-1-5-18(16)20)26(40)35-22(8-9-24(37)38)27(41)36-23(28(42)43)12-17-14-31-15-33-17/h1-2,5-6,13-15,19,21-23,32H,3-4,7-12,29-30H2,(H,31,33)(H,34,39)(H,35,40)(H,36,41)(H,37,38)(H,42,43). The van der Waals surface area contributed by atoms with E-state index in [4.69, 9.17) is 11.5 Å². The monoisotopic (exact) mass is 598 g/mol. The van der Waals surface area contributed by atoms with Crippen LogP contribution >= 0.6 is 0 Å². The summed E-state index contributed by atoms with van der Waals surface area (Å²) < 4.78 is 0. The van der Waals surface area contributed by atoms with E-state index in [2.05, 4.69) is 30.9 Å². The first-order chi connectivity index (χ1) is 20.6. The summed E-state index contributed by atoms with van der Waals surface area (Å²) in [6.07, 6.45) is 5.05. The number of carbonyl (C=O) groups excluding carboxylic acids is 3. The van der Waals surface area contributed by atoms with Gasteiger partial charge in [-0.3, -0.25) is 19.2 Å². The Balaban J connectivity index is 1.71. The van der Waals surface area contributed by atoms with Crippen molar-refractivity contribution in [2.75, 3.05) is 6.54 Å². The molecular formula is C28H38N8O7. The lowest BCUT2D eigenvalue weighted by molar-refractivity contribution is -0.143. The molecule has 0 saturated heterocycles. The molecule has 0 fully saturated rings. The number of H-pyrrole nitrogens is 2. The van der Waals surface area contributed by atoms with Gasteiger partial charge in [0, 0.05) is 41.8 Å². The van der Waals surface area contributed by atoms with Gasteiger partial charge in [0.15, 0.2) is 0 Å². The van der Waals surface area contributed by atoms with Crippen molar-refractivity contribution in [3.63, 3.8) is 0 Å². The molecule has 43 heavy (non-hydrogen) atoms. The van der Waals surface area contributed by atoms with Gasteiger partial charge < -0.3 is 47.6 Å². The van der Waals surface area contributed by atoms with Crippen molar-refractivity contribution in [1.82, 2.24) is 30.9 Å². The van der Waals surface area contributed by atoms with Gasteiger partial charge in [-0.2, -0.15) is 0 Å². The third-order valence-corrected chi connectivity index (χ3v) is 6.90. The number of carbonyl (C=O) groups is 5. The molecule has 15 heteroatoms. The summed E-state index contributed by atoms with van der Waals surface area (Å²) >= 11 is 0. The molecule has 0 aliphatic heterocycles. The van der Waals surface area contributed by atoms with Crippen LogP contribution in [0.5, 0.6) is 0 Å². The van der Waals surface area contributed by atoms with Gasteiger partial charge in [0.25, 0.3) is 0 Å². The maximum Gasteiger partial charge on any atom is 0.326 e. The second-order valence-corrected chi connectivity index (χ2v) is 10.2. The molecule has 0 radical (unpaired) electrons. The lowest BCUT2D eigenvalue weighted by atomic mass is 10.0. The molecule has 0 spiro atoms. The largest absolute Gasteiger partial charge is 0.481 e. The number of carboxylic acids is 2. The minimum atomic E-state index is -1.39. The highest BCUT2D eigenvalue weighted by molar-refractivity contribution is 5.94. The predicted octanol–water partition coefficient (Wildman–Crippen LogP) is -0.464. The minimum Gasteiger partial charge on any atom is -0.481 e. The fraction of sp³-hybridized carbons (Fsp3) is 0.429. The van der Waals surface area contributed by atoms with Crippen LogP contribution in [0, 0.1) is 0 Å². The van der Waals surface area contributed by atoms with E-state index in [1.165, 1.54) is 12.5 Å². The van der Waals surface area contributed by atoms with Crippen molar-refractivity contribution in [1.29, 1.82) is 0 Å². The number of nitrogens with zero attached hydrogens (tertiary/aromatic N) is 1. The smallest absolute Gasteiger partial charge is 0.326 e. The van der Waals surface area contributed by atoms with Crippen molar-refractivity contribution in [3.05, 3.63) is 54.2 Å². The molecule has 3 amide bonds. The average molecular weight is 599 g/mol. The van der Waals surface area contributed by atoms with Crippen molar-refractivity contribution in [2.24, 2.45) is 11.5 Å². The highest BCUT2D eigenvalue weighted by Gasteiger charge is 2.31. The highest BCUT2D eigenvalue weighted by Crippen LogP contribution is 2.19. The van der Waals surface area contributed by atoms with Gasteiger partial charge in [-0.05, 0) is 50.3 Å². The number of aromatic nitrogens is 3. The molecule has 2 heterocycles. The fourth-order valence-electron chi connectivity index (χ4n) is 4.57. The topological polar surface area (TPSA) is 258 Å². The van der Waals surface area contributed by atoms with Crippen LogP contribution in [0.25, 0.3) is 10.9 Å². The number of fused-ring (bicyclic) bond motifs is 1. The van der Waals surface area contributed by atoms with Crippen molar-refractivity contribution in [2.45, 2.75) is 69.1 Å². The molecule has 0 bridgehead atoms. The zero-order valence-electron chi connectivity index (χ0n) is 23.5. The normalized spacial score (nSPS) is 13.9. The van der Waals surface area contributed by atoms with Crippen LogP contribution in [0.3, 0.4) is 0 Å². The van der Waals surface area contributed by atoms with Gasteiger partial charge >= 0.3 is 11.9 Å². The Kier molecular flexibility index (Phi) is 12.2. The summed E-state index contributed by atoms with van der Waals surface area (Å²) in [6, 6.07) is 2.69. The lowest BCUT2D eigenvalue weighted by Crippen LogP contribution is -2.57. The number of aliphatic carboxylic acids is 2. The van der Waals surface area contributed by atoms with Crippen LogP contribution in [-0.2, 0) is 36.8 Å². The van der Waals surface area contributed by atoms with Crippen LogP contribution in [0.1, 0.15) is 43.4 Å². The summed E-state index contributed by atoms with van der Waals surface area (Å²) in [4.78, 5) is 72.3. The van der Waals surface area contributed by atoms with Crippen LogP contribution in [0.2, 0.25) is 0 Å². The van der Waals surface area contributed by atoms with E-state index >= 15 is 0 Å². The molecule has 4 atom stereocenters. The predicted molar refractivity (Wildman–Crippen MR) is 155 cm³/mol. The molecule has 0 aliphatic carbocycles. The maximum atomic E-state index is 13.4. The fourth-order valence-corrected chi connectivity index (χ4v) is 4.57. The first kappa shape index (κ1) is 32.8. The van der Waals surface area contributed by atoms with E-state index in [1.54, 1.807) is 6.20 Å². The molecule has 11 N–H and O–H groups in total. The average Bonchev–Trinajstić information content (AvgIpc) is 3.64. The number of imidazole rings is 1. The van der Waals surface area contributed by atoms with Gasteiger partial charge in [-0.1, -0.05) is 18.2 Å². The lowest BCUT2D eigenvalue weighted by Gasteiger charge is -2.25. The molecule has 1 aromatic carbocycles. The molecule has 3 aromatic rings. The van der Waals surface area contributed by atoms with E-state index in [9.17, 15) is 34.2 Å². The Labute approximate surface area is 247 Å². The number of unbranched alkanes of at least 4 members (excludes halogenated alkanes) is 1. The number of hydrogen-bond donors (Lipinski definition) is 9. The molecular weight excluding hydrogens is 560 g/mol. The highest BCUT2D eigenvalue weighted by atomic mass is 16.4. The summed E-state index contributed by atoms with van der Waals surface area (Å²) in [5.41, 5.74) is 14.0. The van der Waals surface area contributed by atoms with Gasteiger partial charge in [0.1, 0.15) is 18.1 Å². The van der Waals surface area contributed by atoms with Crippen molar-refractivity contribution < 1.29 is 34.2 Å². The number of aromatic amines is 2. The van der Waals surface area contributed by atoms with E-state index in [0.717, 1.165) is 16.5 Å². The zero-order valence-corrected chi connectivity index (χ0v) is 23.5. The van der Waals surface area contributed by atoms with E-state index < -0.39 is 60.2 Å². The Hall–Kier alpha value is -4.76. The number of hydrogen-bond acceptors (Lipinski definition) is 8. The summed E-state index contributed by atoms with van der Waals surface area (Å²) in [6.45, 7) is 0.360. The molecule has 0 saturated carbocycles. The van der Waals surface area contributed by atoms with E-state index in [0.29, 0.717) is 25.1 Å². The number of para-hydroxylation sites is 1. The molecule has 2 aromatic heterocycles. The Morgan fingerprint density at radius 3 is 2.19 bits per heavy atom. The third-order valence-electron chi connectivity index (χ3n) is 6.90. The summed E-state index contributed by atoms with van der Waals surface area (Å²) in [5.74, 6) is -4.76. The molecule has 4 unspecified atom stereocenters. The summed E-state index contributed by atoms with van der Waals surface area (Å²) in [7, 11) is 0. The number of amides is 3. The minimum absolute atomic E-state index is 0.118.